The molecule has 2 heterocycles. The van der Waals surface area contributed by atoms with Gasteiger partial charge in [0.05, 0.1) is 11.9 Å². The highest BCUT2D eigenvalue weighted by atomic mass is 16.2. The average molecular weight is 409 g/mol. The Bertz CT molecular complexity index is 1330. The number of hydrogen-bond donors (Lipinski definition) is 0. The number of hydrogen-bond acceptors (Lipinski definition) is 3. The van der Waals surface area contributed by atoms with E-state index in [9.17, 15) is 9.59 Å². The molecule has 31 heavy (non-hydrogen) atoms. The van der Waals surface area contributed by atoms with E-state index in [4.69, 9.17) is 0 Å². The smallest absolute Gasteiger partial charge is 0.279 e. The normalized spacial score (nSPS) is 15.6. The van der Waals surface area contributed by atoms with Crippen LogP contribution in [0.1, 0.15) is 35.0 Å². The van der Waals surface area contributed by atoms with Crippen LogP contribution in [0, 0.1) is 0 Å². The molecule has 0 saturated heterocycles. The van der Waals surface area contributed by atoms with Crippen molar-refractivity contribution in [3.8, 4) is 0 Å². The predicted octanol–water partition coefficient (Wildman–Crippen LogP) is 4.43. The third kappa shape index (κ3) is 3.42. The lowest BCUT2D eigenvalue weighted by Crippen LogP contribution is -2.43. The van der Waals surface area contributed by atoms with Gasteiger partial charge in [0, 0.05) is 17.1 Å². The van der Waals surface area contributed by atoms with Crippen molar-refractivity contribution in [2.24, 2.45) is 0 Å². The lowest BCUT2D eigenvalue weighted by atomic mass is 9.96. The van der Waals surface area contributed by atoms with Crippen LogP contribution < -0.4 is 10.5 Å². The van der Waals surface area contributed by atoms with Crippen LogP contribution >= 0.6 is 0 Å². The van der Waals surface area contributed by atoms with E-state index in [2.05, 4.69) is 18.1 Å². The van der Waals surface area contributed by atoms with Gasteiger partial charge in [-0.15, -0.1) is 0 Å². The zero-order valence-corrected chi connectivity index (χ0v) is 17.4. The molecule has 0 saturated carbocycles. The molecule has 1 atom stereocenters. The summed E-state index contributed by atoms with van der Waals surface area (Å²) in [4.78, 5) is 28.8. The number of carbonyl (C=O) groups excluding carboxylic acids is 1. The fourth-order valence-electron chi connectivity index (χ4n) is 4.37. The van der Waals surface area contributed by atoms with E-state index in [1.54, 1.807) is 6.07 Å². The van der Waals surface area contributed by atoms with Crippen LogP contribution in [0.2, 0.25) is 0 Å². The lowest BCUT2D eigenvalue weighted by Gasteiger charge is -2.35. The number of para-hydroxylation sites is 1. The SMILES string of the molecule is C[C@@H]1CCc2ccccc2N1C(=O)c1nn(Cc2ccccc2)c(=O)c2ccccc12. The Morgan fingerprint density at radius 2 is 1.61 bits per heavy atom. The molecule has 0 radical (unpaired) electrons. The van der Waals surface area contributed by atoms with Crippen LogP contribution in [-0.2, 0) is 13.0 Å². The van der Waals surface area contributed by atoms with Crippen LogP contribution in [-0.4, -0.2) is 21.7 Å². The van der Waals surface area contributed by atoms with Gasteiger partial charge < -0.3 is 4.90 Å². The summed E-state index contributed by atoms with van der Waals surface area (Å²) in [5, 5.41) is 5.69. The Balaban J connectivity index is 1.67. The molecule has 154 valence electrons. The first kappa shape index (κ1) is 19.2. The molecule has 5 nitrogen and oxygen atoms in total. The second kappa shape index (κ2) is 7.84. The van der Waals surface area contributed by atoms with E-state index in [1.807, 2.05) is 71.6 Å². The van der Waals surface area contributed by atoms with Gasteiger partial charge in [0.15, 0.2) is 5.69 Å². The highest BCUT2D eigenvalue weighted by Crippen LogP contribution is 2.32. The Morgan fingerprint density at radius 3 is 2.42 bits per heavy atom. The van der Waals surface area contributed by atoms with Crippen molar-refractivity contribution >= 4 is 22.4 Å². The van der Waals surface area contributed by atoms with Gasteiger partial charge >= 0.3 is 0 Å². The Morgan fingerprint density at radius 1 is 0.935 bits per heavy atom. The minimum Gasteiger partial charge on any atom is -0.304 e. The number of anilines is 1. The van der Waals surface area contributed by atoms with Crippen molar-refractivity contribution in [3.05, 3.63) is 106 Å². The van der Waals surface area contributed by atoms with Crippen molar-refractivity contribution in [1.29, 1.82) is 0 Å². The molecular formula is C26H23N3O2. The number of nitrogens with zero attached hydrogens (tertiary/aromatic N) is 3. The molecule has 1 aliphatic rings. The van der Waals surface area contributed by atoms with Crippen LogP contribution in [0.25, 0.3) is 10.8 Å². The zero-order valence-electron chi connectivity index (χ0n) is 17.4. The standard InChI is InChI=1S/C26H23N3O2/c1-18-15-16-20-11-5-8-14-23(20)29(18)26(31)24-21-12-6-7-13-22(21)25(30)28(27-24)17-19-9-3-2-4-10-19/h2-14,18H,15-17H2,1H3/t18-/m1/s1. The summed E-state index contributed by atoms with van der Waals surface area (Å²) in [7, 11) is 0. The van der Waals surface area contributed by atoms with Crippen molar-refractivity contribution in [1.82, 2.24) is 9.78 Å². The zero-order chi connectivity index (χ0) is 21.4. The van der Waals surface area contributed by atoms with Crippen LogP contribution in [0.15, 0.2) is 83.7 Å². The number of fused-ring (bicyclic) bond motifs is 2. The second-order valence-electron chi connectivity index (χ2n) is 8.03. The molecule has 1 amide bonds. The van der Waals surface area contributed by atoms with Gasteiger partial charge in [-0.1, -0.05) is 66.7 Å². The topological polar surface area (TPSA) is 55.2 Å². The van der Waals surface area contributed by atoms with Crippen molar-refractivity contribution in [2.75, 3.05) is 4.90 Å². The van der Waals surface area contributed by atoms with Gasteiger partial charge in [0.25, 0.3) is 11.5 Å². The van der Waals surface area contributed by atoms with Gasteiger partial charge in [-0.25, -0.2) is 4.68 Å². The van der Waals surface area contributed by atoms with Gasteiger partial charge in [-0.05, 0) is 43.0 Å². The Hall–Kier alpha value is -3.73. The van der Waals surface area contributed by atoms with Crippen molar-refractivity contribution in [3.63, 3.8) is 0 Å². The van der Waals surface area contributed by atoms with E-state index in [-0.39, 0.29) is 17.5 Å². The van der Waals surface area contributed by atoms with E-state index in [0.717, 1.165) is 29.7 Å². The van der Waals surface area contributed by atoms with Gasteiger partial charge in [0.2, 0.25) is 0 Å². The minimum atomic E-state index is -0.192. The number of carbonyl (C=O) groups is 1. The van der Waals surface area contributed by atoms with E-state index >= 15 is 0 Å². The fourth-order valence-corrected chi connectivity index (χ4v) is 4.37. The first-order chi connectivity index (χ1) is 15.1. The second-order valence-corrected chi connectivity index (χ2v) is 8.03. The van der Waals surface area contributed by atoms with Gasteiger partial charge in [0.1, 0.15) is 0 Å². The Kier molecular flexibility index (Phi) is 4.86. The molecule has 0 spiro atoms. The monoisotopic (exact) mass is 409 g/mol. The number of aryl methyl sites for hydroxylation is 1. The van der Waals surface area contributed by atoms with Crippen LogP contribution in [0.3, 0.4) is 0 Å². The van der Waals surface area contributed by atoms with Gasteiger partial charge in [-0.3, -0.25) is 9.59 Å². The molecule has 5 rings (SSSR count). The number of amides is 1. The lowest BCUT2D eigenvalue weighted by molar-refractivity contribution is 0.0970. The van der Waals surface area contributed by atoms with Crippen LogP contribution in [0.4, 0.5) is 5.69 Å². The molecule has 1 aromatic heterocycles. The maximum absolute atomic E-state index is 13.9. The molecular weight excluding hydrogens is 386 g/mol. The molecule has 0 fully saturated rings. The molecule has 0 N–H and O–H groups in total. The average Bonchev–Trinajstić information content (AvgIpc) is 2.81. The predicted molar refractivity (Wildman–Crippen MR) is 123 cm³/mol. The summed E-state index contributed by atoms with van der Waals surface area (Å²) in [5.41, 5.74) is 3.18. The molecule has 0 aliphatic carbocycles. The van der Waals surface area contributed by atoms with E-state index in [0.29, 0.717) is 23.0 Å². The summed E-state index contributed by atoms with van der Waals surface area (Å²) in [6.45, 7) is 2.38. The summed E-state index contributed by atoms with van der Waals surface area (Å²) < 4.78 is 1.41. The molecule has 3 aromatic carbocycles. The number of benzene rings is 3. The van der Waals surface area contributed by atoms with E-state index in [1.165, 1.54) is 4.68 Å². The van der Waals surface area contributed by atoms with E-state index < -0.39 is 0 Å². The third-order valence-electron chi connectivity index (χ3n) is 5.99. The minimum absolute atomic E-state index is 0.0532. The van der Waals surface area contributed by atoms with Crippen LogP contribution in [0.5, 0.6) is 0 Å². The fraction of sp³-hybridized carbons (Fsp3) is 0.192. The summed E-state index contributed by atoms with van der Waals surface area (Å²) in [5.74, 6) is -0.169. The Labute approximate surface area is 180 Å². The first-order valence-electron chi connectivity index (χ1n) is 10.6. The molecule has 0 bridgehead atoms. The quantitative estimate of drug-likeness (QED) is 0.503. The molecule has 1 aliphatic heterocycles. The summed E-state index contributed by atoms with van der Waals surface area (Å²) in [6.07, 6.45) is 1.84. The number of rotatable bonds is 3. The van der Waals surface area contributed by atoms with Crippen molar-refractivity contribution < 1.29 is 4.79 Å². The van der Waals surface area contributed by atoms with Gasteiger partial charge in [-0.2, -0.15) is 5.10 Å². The largest absolute Gasteiger partial charge is 0.304 e. The van der Waals surface area contributed by atoms with Crippen molar-refractivity contribution in [2.45, 2.75) is 32.4 Å². The molecule has 5 heteroatoms. The molecule has 0 unspecified atom stereocenters. The summed E-state index contributed by atoms with van der Waals surface area (Å²) >= 11 is 0. The highest BCUT2D eigenvalue weighted by Gasteiger charge is 2.31. The third-order valence-corrected chi connectivity index (χ3v) is 5.99. The molecule has 4 aromatic rings. The highest BCUT2D eigenvalue weighted by molar-refractivity contribution is 6.13. The first-order valence-corrected chi connectivity index (χ1v) is 10.6. The number of aromatic nitrogens is 2. The maximum Gasteiger partial charge on any atom is 0.279 e. The summed E-state index contributed by atoms with van der Waals surface area (Å²) in [6, 6.07) is 25.0. The maximum atomic E-state index is 13.9.